The third kappa shape index (κ3) is 4.06. The van der Waals surface area contributed by atoms with Crippen LogP contribution in [0.25, 0.3) is 0 Å². The van der Waals surface area contributed by atoms with Gasteiger partial charge in [-0.3, -0.25) is 0 Å². The molecule has 0 bridgehead atoms. The lowest BCUT2D eigenvalue weighted by molar-refractivity contribution is 0.539. The zero-order chi connectivity index (χ0) is 15.2. The van der Waals surface area contributed by atoms with Crippen molar-refractivity contribution in [2.45, 2.75) is 58.1 Å². The molecule has 0 aliphatic rings. The van der Waals surface area contributed by atoms with Gasteiger partial charge in [-0.05, 0) is 44.2 Å². The van der Waals surface area contributed by atoms with Gasteiger partial charge in [-0.25, -0.2) is 13.1 Å². The van der Waals surface area contributed by atoms with Gasteiger partial charge in [-0.15, -0.1) is 0 Å². The molecule has 114 valence electrons. The fourth-order valence-corrected chi connectivity index (χ4v) is 3.31. The Labute approximate surface area is 123 Å². The Morgan fingerprint density at radius 2 is 1.65 bits per heavy atom. The van der Waals surface area contributed by atoms with Crippen LogP contribution in [0.3, 0.4) is 0 Å². The second kappa shape index (κ2) is 7.23. The Balaban J connectivity index is 2.92. The van der Waals surface area contributed by atoms with Crippen molar-refractivity contribution in [3.8, 4) is 0 Å². The van der Waals surface area contributed by atoms with Gasteiger partial charge in [0.1, 0.15) is 4.75 Å². The maximum absolute atomic E-state index is 12.4. The standard InChI is InChI=1S/C16H27NO2S/c1-5-7-8-14-9-11-15(12-10-14)16(3,4)20(18,19)17-13-6-2/h9-12,17H,5-8,13H2,1-4H3. The SMILES string of the molecule is CCCCc1ccc(C(C)(C)S(=O)(=O)NCCC)cc1. The summed E-state index contributed by atoms with van der Waals surface area (Å²) in [5.41, 5.74) is 2.10. The molecule has 20 heavy (non-hydrogen) atoms. The molecule has 0 saturated heterocycles. The first-order chi connectivity index (χ1) is 9.35. The van der Waals surface area contributed by atoms with E-state index < -0.39 is 14.8 Å². The predicted octanol–water partition coefficient (Wildman–Crippen LogP) is 3.59. The molecule has 1 aromatic rings. The van der Waals surface area contributed by atoms with E-state index in [1.807, 2.05) is 31.2 Å². The molecule has 0 aliphatic heterocycles. The number of hydrogen-bond acceptors (Lipinski definition) is 2. The molecule has 1 rings (SSSR count). The topological polar surface area (TPSA) is 46.2 Å². The molecule has 0 atom stereocenters. The lowest BCUT2D eigenvalue weighted by Gasteiger charge is -2.25. The Kier molecular flexibility index (Phi) is 6.21. The van der Waals surface area contributed by atoms with Gasteiger partial charge < -0.3 is 0 Å². The molecule has 0 radical (unpaired) electrons. The minimum Gasteiger partial charge on any atom is -0.214 e. The number of sulfonamides is 1. The van der Waals surface area contributed by atoms with E-state index in [4.69, 9.17) is 0 Å². The van der Waals surface area contributed by atoms with Crippen molar-refractivity contribution in [1.29, 1.82) is 0 Å². The molecule has 1 aromatic carbocycles. The molecule has 4 heteroatoms. The molecule has 3 nitrogen and oxygen atoms in total. The molecule has 0 saturated carbocycles. The maximum atomic E-state index is 12.4. The highest BCUT2D eigenvalue weighted by molar-refractivity contribution is 7.90. The average molecular weight is 297 g/mol. The number of benzene rings is 1. The highest BCUT2D eigenvalue weighted by Crippen LogP contribution is 2.29. The summed E-state index contributed by atoms with van der Waals surface area (Å²) in [5, 5.41) is 0. The Bertz CT molecular complexity index is 504. The number of unbranched alkanes of at least 4 members (excludes halogenated alkanes) is 1. The van der Waals surface area contributed by atoms with E-state index in [1.165, 1.54) is 18.4 Å². The van der Waals surface area contributed by atoms with Crippen LogP contribution in [0.1, 0.15) is 58.1 Å². The van der Waals surface area contributed by atoms with Gasteiger partial charge in [0.25, 0.3) is 0 Å². The summed E-state index contributed by atoms with van der Waals surface area (Å²) in [7, 11) is -3.35. The summed E-state index contributed by atoms with van der Waals surface area (Å²) in [4.78, 5) is 0. The van der Waals surface area contributed by atoms with E-state index in [9.17, 15) is 8.42 Å². The van der Waals surface area contributed by atoms with Gasteiger partial charge >= 0.3 is 0 Å². The zero-order valence-corrected chi connectivity index (χ0v) is 13.9. The lowest BCUT2D eigenvalue weighted by atomic mass is 9.99. The summed E-state index contributed by atoms with van der Waals surface area (Å²) in [6.45, 7) is 8.12. The van der Waals surface area contributed by atoms with Crippen LogP contribution in [-0.2, 0) is 21.2 Å². The van der Waals surface area contributed by atoms with Crippen molar-refractivity contribution < 1.29 is 8.42 Å². The van der Waals surface area contributed by atoms with Crippen LogP contribution in [0.15, 0.2) is 24.3 Å². The minimum atomic E-state index is -3.35. The molecule has 1 N–H and O–H groups in total. The van der Waals surface area contributed by atoms with E-state index in [1.54, 1.807) is 13.8 Å². The van der Waals surface area contributed by atoms with Crippen LogP contribution in [0, 0.1) is 0 Å². The smallest absolute Gasteiger partial charge is 0.214 e. The first-order valence-electron chi connectivity index (χ1n) is 7.43. The van der Waals surface area contributed by atoms with E-state index >= 15 is 0 Å². The second-order valence-electron chi connectivity index (χ2n) is 5.71. The number of hydrogen-bond donors (Lipinski definition) is 1. The molecular weight excluding hydrogens is 270 g/mol. The first-order valence-corrected chi connectivity index (χ1v) is 8.92. The van der Waals surface area contributed by atoms with Crippen molar-refractivity contribution in [2.24, 2.45) is 0 Å². The highest BCUT2D eigenvalue weighted by atomic mass is 32.2. The van der Waals surface area contributed by atoms with E-state index in [0.717, 1.165) is 18.4 Å². The third-order valence-electron chi connectivity index (χ3n) is 3.68. The molecule has 0 amide bonds. The average Bonchev–Trinajstić information content (AvgIpc) is 2.43. The monoisotopic (exact) mass is 297 g/mol. The number of nitrogens with one attached hydrogen (secondary N) is 1. The van der Waals surface area contributed by atoms with Crippen LogP contribution >= 0.6 is 0 Å². The van der Waals surface area contributed by atoms with Crippen LogP contribution in [0.4, 0.5) is 0 Å². The van der Waals surface area contributed by atoms with Crippen LogP contribution in [0.2, 0.25) is 0 Å². The molecule has 0 aliphatic carbocycles. The van der Waals surface area contributed by atoms with Crippen LogP contribution in [-0.4, -0.2) is 15.0 Å². The summed E-state index contributed by atoms with van der Waals surface area (Å²) in [6, 6.07) is 7.97. The molecule has 0 fully saturated rings. The van der Waals surface area contributed by atoms with Crippen molar-refractivity contribution in [3.63, 3.8) is 0 Å². The quantitative estimate of drug-likeness (QED) is 0.797. The Hall–Kier alpha value is -0.870. The summed E-state index contributed by atoms with van der Waals surface area (Å²) in [5.74, 6) is 0. The zero-order valence-electron chi connectivity index (χ0n) is 13.1. The minimum absolute atomic E-state index is 0.486. The largest absolute Gasteiger partial charge is 0.221 e. The molecule has 0 spiro atoms. The van der Waals surface area contributed by atoms with Gasteiger partial charge in [0.05, 0.1) is 0 Å². The molecule has 0 aromatic heterocycles. The van der Waals surface area contributed by atoms with Gasteiger partial charge in [-0.2, -0.15) is 0 Å². The normalized spacial score (nSPS) is 12.6. The molecule has 0 heterocycles. The number of rotatable bonds is 8. The van der Waals surface area contributed by atoms with Gasteiger partial charge in [0.2, 0.25) is 10.0 Å². The summed E-state index contributed by atoms with van der Waals surface area (Å²) >= 11 is 0. The van der Waals surface area contributed by atoms with E-state index in [-0.39, 0.29) is 0 Å². The van der Waals surface area contributed by atoms with Crippen molar-refractivity contribution in [3.05, 3.63) is 35.4 Å². The molecular formula is C16H27NO2S. The van der Waals surface area contributed by atoms with Crippen molar-refractivity contribution >= 4 is 10.0 Å². The van der Waals surface area contributed by atoms with Gasteiger partial charge in [0, 0.05) is 6.54 Å². The Morgan fingerprint density at radius 1 is 1.05 bits per heavy atom. The summed E-state index contributed by atoms with van der Waals surface area (Å²) < 4.78 is 26.5. The Morgan fingerprint density at radius 3 is 2.15 bits per heavy atom. The highest BCUT2D eigenvalue weighted by Gasteiger charge is 2.35. The lowest BCUT2D eigenvalue weighted by Crippen LogP contribution is -2.40. The fourth-order valence-electron chi connectivity index (χ4n) is 2.03. The van der Waals surface area contributed by atoms with Crippen molar-refractivity contribution in [1.82, 2.24) is 4.72 Å². The second-order valence-corrected chi connectivity index (χ2v) is 8.02. The number of aryl methyl sites for hydroxylation is 1. The van der Waals surface area contributed by atoms with E-state index in [0.29, 0.717) is 6.54 Å². The van der Waals surface area contributed by atoms with Crippen LogP contribution in [0.5, 0.6) is 0 Å². The van der Waals surface area contributed by atoms with Gasteiger partial charge in [0.15, 0.2) is 0 Å². The summed E-state index contributed by atoms with van der Waals surface area (Å²) in [6.07, 6.45) is 4.19. The fraction of sp³-hybridized carbons (Fsp3) is 0.625. The third-order valence-corrected chi connectivity index (χ3v) is 5.85. The molecule has 0 unspecified atom stereocenters. The predicted molar refractivity (Wildman–Crippen MR) is 85.3 cm³/mol. The van der Waals surface area contributed by atoms with E-state index in [2.05, 4.69) is 11.6 Å². The van der Waals surface area contributed by atoms with Gasteiger partial charge in [-0.1, -0.05) is 44.5 Å². The maximum Gasteiger partial charge on any atom is 0.221 e. The first kappa shape index (κ1) is 17.2. The van der Waals surface area contributed by atoms with Crippen LogP contribution < -0.4 is 4.72 Å². The van der Waals surface area contributed by atoms with Crippen molar-refractivity contribution in [2.75, 3.05) is 6.54 Å².